The minimum absolute atomic E-state index is 0.312. The molecule has 2 aromatic carbocycles. The molecule has 4 nitrogen and oxygen atoms in total. The van der Waals surface area contributed by atoms with Crippen LogP contribution in [-0.4, -0.2) is 18.9 Å². The van der Waals surface area contributed by atoms with E-state index in [0.717, 1.165) is 22.4 Å². The molecule has 0 aliphatic rings. The van der Waals surface area contributed by atoms with Crippen molar-refractivity contribution >= 4 is 18.0 Å². The summed E-state index contributed by atoms with van der Waals surface area (Å²) in [5, 5.41) is 0. The van der Waals surface area contributed by atoms with Crippen LogP contribution in [0.2, 0.25) is 0 Å². The number of aryl methyl sites for hydroxylation is 1. The summed E-state index contributed by atoms with van der Waals surface area (Å²) in [6.07, 6.45) is 1.28. The van der Waals surface area contributed by atoms with Gasteiger partial charge in [-0.05, 0) is 43.7 Å². The van der Waals surface area contributed by atoms with Gasteiger partial charge in [0.25, 0.3) is 0 Å². The topological polar surface area (TPSA) is 64.7 Å². The van der Waals surface area contributed by atoms with Crippen molar-refractivity contribution < 1.29 is 9.53 Å². The summed E-state index contributed by atoms with van der Waals surface area (Å²) >= 11 is 0. The van der Waals surface area contributed by atoms with Crippen molar-refractivity contribution in [1.29, 1.82) is 0 Å². The van der Waals surface area contributed by atoms with Gasteiger partial charge < -0.3 is 10.5 Å². The Hall–Kier alpha value is -2.62. The molecular weight excluding hydrogens is 264 g/mol. The van der Waals surface area contributed by atoms with E-state index in [1.165, 1.54) is 6.34 Å². The van der Waals surface area contributed by atoms with Gasteiger partial charge in [0.15, 0.2) is 0 Å². The molecule has 0 saturated heterocycles. The Morgan fingerprint density at radius 2 is 1.95 bits per heavy atom. The Kier molecular flexibility index (Phi) is 4.72. The van der Waals surface area contributed by atoms with Crippen molar-refractivity contribution in [2.24, 2.45) is 10.7 Å². The Labute approximate surface area is 124 Å². The van der Waals surface area contributed by atoms with E-state index < -0.39 is 0 Å². The average molecular weight is 282 g/mol. The molecule has 0 spiro atoms. The van der Waals surface area contributed by atoms with Crippen LogP contribution < -0.4 is 5.73 Å². The van der Waals surface area contributed by atoms with Gasteiger partial charge in [-0.15, -0.1) is 0 Å². The molecule has 0 unspecified atom stereocenters. The van der Waals surface area contributed by atoms with Crippen molar-refractivity contribution in [3.63, 3.8) is 0 Å². The third kappa shape index (κ3) is 3.48. The van der Waals surface area contributed by atoms with Gasteiger partial charge in [0, 0.05) is 5.56 Å². The highest BCUT2D eigenvalue weighted by atomic mass is 16.5. The standard InChI is InChI=1S/C17H18N2O2/c1-3-21-17(20)14-7-5-13(6-8-14)15-10-12(2)4-9-16(15)19-11-18/h4-11H,3H2,1-2H3,(H2,18,19). The van der Waals surface area contributed by atoms with Crippen LogP contribution in [0.1, 0.15) is 22.8 Å². The maximum atomic E-state index is 11.7. The van der Waals surface area contributed by atoms with E-state index in [1.807, 2.05) is 37.3 Å². The number of carbonyl (C=O) groups excluding carboxylic acids is 1. The number of benzene rings is 2. The number of nitrogens with zero attached hydrogens (tertiary/aromatic N) is 1. The Bertz CT molecular complexity index is 661. The first kappa shape index (κ1) is 14.8. The zero-order chi connectivity index (χ0) is 15.2. The number of rotatable bonds is 4. The second-order valence-corrected chi connectivity index (χ2v) is 4.60. The van der Waals surface area contributed by atoms with Gasteiger partial charge in [-0.3, -0.25) is 0 Å². The predicted molar refractivity (Wildman–Crippen MR) is 84.9 cm³/mol. The highest BCUT2D eigenvalue weighted by Gasteiger charge is 2.08. The summed E-state index contributed by atoms with van der Waals surface area (Å²) < 4.78 is 4.98. The van der Waals surface area contributed by atoms with Crippen molar-refractivity contribution in [2.45, 2.75) is 13.8 Å². The molecule has 108 valence electrons. The fraction of sp³-hybridized carbons (Fsp3) is 0.176. The van der Waals surface area contributed by atoms with E-state index in [4.69, 9.17) is 10.5 Å². The molecule has 0 heterocycles. The molecule has 0 radical (unpaired) electrons. The first-order valence-corrected chi connectivity index (χ1v) is 6.78. The van der Waals surface area contributed by atoms with Crippen molar-refractivity contribution in [2.75, 3.05) is 6.61 Å². The highest BCUT2D eigenvalue weighted by molar-refractivity contribution is 5.90. The zero-order valence-corrected chi connectivity index (χ0v) is 12.2. The lowest BCUT2D eigenvalue weighted by Crippen LogP contribution is -2.04. The Balaban J connectivity index is 2.38. The SMILES string of the molecule is CCOC(=O)c1ccc(-c2cc(C)ccc2N=CN)cc1. The number of hydrogen-bond donors (Lipinski definition) is 1. The van der Waals surface area contributed by atoms with Gasteiger partial charge in [0.05, 0.1) is 24.2 Å². The van der Waals surface area contributed by atoms with E-state index >= 15 is 0 Å². The first-order valence-electron chi connectivity index (χ1n) is 6.78. The van der Waals surface area contributed by atoms with Crippen LogP contribution in [0.4, 0.5) is 5.69 Å². The molecule has 0 fully saturated rings. The van der Waals surface area contributed by atoms with Crippen molar-refractivity contribution in [3.05, 3.63) is 53.6 Å². The minimum Gasteiger partial charge on any atom is -0.462 e. The predicted octanol–water partition coefficient (Wildman–Crippen LogP) is 3.46. The smallest absolute Gasteiger partial charge is 0.338 e. The maximum Gasteiger partial charge on any atom is 0.338 e. The zero-order valence-electron chi connectivity index (χ0n) is 12.2. The quantitative estimate of drug-likeness (QED) is 0.530. The van der Waals surface area contributed by atoms with E-state index in [9.17, 15) is 4.79 Å². The Morgan fingerprint density at radius 3 is 2.57 bits per heavy atom. The maximum absolute atomic E-state index is 11.7. The lowest BCUT2D eigenvalue weighted by atomic mass is 10.0. The molecule has 0 atom stereocenters. The second-order valence-electron chi connectivity index (χ2n) is 4.60. The van der Waals surface area contributed by atoms with Gasteiger partial charge in [0.1, 0.15) is 0 Å². The molecule has 0 saturated carbocycles. The van der Waals surface area contributed by atoms with E-state index in [0.29, 0.717) is 12.2 Å². The van der Waals surface area contributed by atoms with Crippen LogP contribution in [0.5, 0.6) is 0 Å². The molecule has 0 bridgehead atoms. The van der Waals surface area contributed by atoms with Crippen molar-refractivity contribution in [1.82, 2.24) is 0 Å². The van der Waals surface area contributed by atoms with E-state index in [-0.39, 0.29) is 5.97 Å². The molecule has 2 rings (SSSR count). The van der Waals surface area contributed by atoms with Gasteiger partial charge in [-0.25, -0.2) is 9.79 Å². The van der Waals surface area contributed by atoms with Gasteiger partial charge in [-0.1, -0.05) is 23.8 Å². The van der Waals surface area contributed by atoms with Crippen molar-refractivity contribution in [3.8, 4) is 11.1 Å². The van der Waals surface area contributed by atoms with Crippen LogP contribution in [-0.2, 0) is 4.74 Å². The first-order chi connectivity index (χ1) is 10.2. The third-order valence-electron chi connectivity index (χ3n) is 3.07. The highest BCUT2D eigenvalue weighted by Crippen LogP contribution is 2.31. The fourth-order valence-electron chi connectivity index (χ4n) is 2.07. The number of aliphatic imine (C=N–C) groups is 1. The van der Waals surface area contributed by atoms with E-state index in [1.54, 1.807) is 19.1 Å². The summed E-state index contributed by atoms with van der Waals surface area (Å²) in [5.74, 6) is -0.312. The van der Waals surface area contributed by atoms with E-state index in [2.05, 4.69) is 4.99 Å². The molecule has 4 heteroatoms. The summed E-state index contributed by atoms with van der Waals surface area (Å²) in [5.41, 5.74) is 9.82. The largest absolute Gasteiger partial charge is 0.462 e. The van der Waals surface area contributed by atoms with Crippen LogP contribution in [0.15, 0.2) is 47.5 Å². The van der Waals surface area contributed by atoms with Crippen LogP contribution in [0, 0.1) is 6.92 Å². The number of esters is 1. The number of ether oxygens (including phenoxy) is 1. The molecular formula is C17H18N2O2. The normalized spacial score (nSPS) is 10.8. The second kappa shape index (κ2) is 6.70. The van der Waals surface area contributed by atoms with Gasteiger partial charge in [-0.2, -0.15) is 0 Å². The summed E-state index contributed by atoms with van der Waals surface area (Å²) in [7, 11) is 0. The molecule has 21 heavy (non-hydrogen) atoms. The molecule has 0 aromatic heterocycles. The lowest BCUT2D eigenvalue weighted by Gasteiger charge is -2.08. The average Bonchev–Trinajstić information content (AvgIpc) is 2.50. The summed E-state index contributed by atoms with van der Waals surface area (Å²) in [4.78, 5) is 15.8. The monoisotopic (exact) mass is 282 g/mol. The molecule has 2 aromatic rings. The molecule has 0 aliphatic heterocycles. The third-order valence-corrected chi connectivity index (χ3v) is 3.07. The summed E-state index contributed by atoms with van der Waals surface area (Å²) in [6, 6.07) is 13.2. The molecule has 0 aliphatic carbocycles. The van der Waals surface area contributed by atoms with Crippen LogP contribution in [0.3, 0.4) is 0 Å². The minimum atomic E-state index is -0.312. The number of hydrogen-bond acceptors (Lipinski definition) is 3. The molecule has 2 N–H and O–H groups in total. The number of carbonyl (C=O) groups is 1. The number of nitrogens with two attached hydrogens (primary N) is 1. The van der Waals surface area contributed by atoms with Crippen LogP contribution in [0.25, 0.3) is 11.1 Å². The van der Waals surface area contributed by atoms with Gasteiger partial charge >= 0.3 is 5.97 Å². The summed E-state index contributed by atoms with van der Waals surface area (Å²) in [6.45, 7) is 4.18. The lowest BCUT2D eigenvalue weighted by molar-refractivity contribution is 0.0526. The Morgan fingerprint density at radius 1 is 1.24 bits per heavy atom. The van der Waals surface area contributed by atoms with Crippen LogP contribution >= 0.6 is 0 Å². The molecule has 0 amide bonds. The fourth-order valence-corrected chi connectivity index (χ4v) is 2.07. The van der Waals surface area contributed by atoms with Gasteiger partial charge in [0.2, 0.25) is 0 Å².